The molecule has 7 heteroatoms. The molecule has 0 aromatic carbocycles. The molecule has 0 saturated carbocycles. The average Bonchev–Trinajstić information content (AvgIpc) is 3.09. The number of aromatic nitrogens is 4. The van der Waals surface area contributed by atoms with Crippen molar-refractivity contribution >= 4 is 0 Å². The molecule has 1 aliphatic heterocycles. The molecule has 1 atom stereocenters. The minimum Gasteiger partial charge on any atom is -0.382 e. The zero-order valence-electron chi connectivity index (χ0n) is 12.4. The van der Waals surface area contributed by atoms with Crippen LogP contribution in [0.15, 0.2) is 23.0 Å². The molecule has 2 aromatic rings. The maximum atomic E-state index is 10.9. The van der Waals surface area contributed by atoms with Crippen molar-refractivity contribution in [2.45, 2.75) is 44.9 Å². The fraction of sp³-hybridized carbons (Fsp3) is 0.643. The molecule has 3 rings (SSSR count). The smallest absolute Gasteiger partial charge is 0.124 e. The van der Waals surface area contributed by atoms with E-state index in [1.807, 2.05) is 26.1 Å². The Hall–Kier alpha value is -1.73. The Labute approximate surface area is 123 Å². The second-order valence-electron chi connectivity index (χ2n) is 6.01. The monoisotopic (exact) mass is 291 g/mol. The van der Waals surface area contributed by atoms with Crippen LogP contribution in [0.1, 0.15) is 44.1 Å². The van der Waals surface area contributed by atoms with Crippen molar-refractivity contribution in [3.63, 3.8) is 0 Å². The van der Waals surface area contributed by atoms with Crippen molar-refractivity contribution in [1.29, 1.82) is 0 Å². The zero-order chi connectivity index (χ0) is 14.9. The first-order chi connectivity index (χ1) is 10.1. The van der Waals surface area contributed by atoms with Crippen LogP contribution in [-0.2, 0) is 12.1 Å². The van der Waals surface area contributed by atoms with Crippen molar-refractivity contribution in [1.82, 2.24) is 25.1 Å². The van der Waals surface area contributed by atoms with Crippen LogP contribution in [0.4, 0.5) is 0 Å². The van der Waals surface area contributed by atoms with E-state index in [4.69, 9.17) is 4.52 Å². The number of likely N-dealkylation sites (tertiary alicyclic amines) is 1. The summed E-state index contributed by atoms with van der Waals surface area (Å²) < 4.78 is 6.64. The predicted octanol–water partition coefficient (Wildman–Crippen LogP) is 1.33. The lowest BCUT2D eigenvalue weighted by Gasteiger charge is -2.37. The molecule has 1 saturated heterocycles. The highest BCUT2D eigenvalue weighted by Gasteiger charge is 2.37. The van der Waals surface area contributed by atoms with Crippen LogP contribution in [0.2, 0.25) is 0 Å². The Bertz CT molecular complexity index is 580. The number of nitrogens with zero attached hydrogens (tertiary/aromatic N) is 5. The van der Waals surface area contributed by atoms with Crippen molar-refractivity contribution in [2.75, 3.05) is 13.1 Å². The summed E-state index contributed by atoms with van der Waals surface area (Å²) in [6.45, 7) is 6.24. The highest BCUT2D eigenvalue weighted by Crippen LogP contribution is 2.31. The van der Waals surface area contributed by atoms with Crippen molar-refractivity contribution in [3.8, 4) is 0 Å². The first-order valence-corrected chi connectivity index (χ1v) is 7.33. The van der Waals surface area contributed by atoms with Gasteiger partial charge in [0.25, 0.3) is 0 Å². The lowest BCUT2D eigenvalue weighted by Crippen LogP contribution is -2.46. The van der Waals surface area contributed by atoms with E-state index in [-0.39, 0.29) is 6.04 Å². The van der Waals surface area contributed by atoms with E-state index in [0.29, 0.717) is 25.2 Å². The molecular weight excluding hydrogens is 270 g/mol. The number of β-amino-alcohol motifs (C(OH)–C–C–N with tert-alkyl or cyclic N) is 1. The molecule has 21 heavy (non-hydrogen) atoms. The van der Waals surface area contributed by atoms with E-state index in [1.54, 1.807) is 10.9 Å². The predicted molar refractivity (Wildman–Crippen MR) is 75.3 cm³/mol. The molecule has 0 bridgehead atoms. The topological polar surface area (TPSA) is 80.2 Å². The molecule has 114 valence electrons. The van der Waals surface area contributed by atoms with Gasteiger partial charge in [-0.3, -0.25) is 4.90 Å². The van der Waals surface area contributed by atoms with Gasteiger partial charge in [-0.25, -0.2) is 4.68 Å². The first kappa shape index (κ1) is 14.2. The summed E-state index contributed by atoms with van der Waals surface area (Å²) in [6, 6.07) is 2.09. The van der Waals surface area contributed by atoms with Crippen LogP contribution >= 0.6 is 0 Å². The van der Waals surface area contributed by atoms with Crippen LogP contribution < -0.4 is 0 Å². The largest absolute Gasteiger partial charge is 0.382 e. The molecule has 0 aliphatic carbocycles. The Morgan fingerprint density at radius 2 is 2.33 bits per heavy atom. The maximum Gasteiger partial charge on any atom is 0.124 e. The van der Waals surface area contributed by atoms with Crippen LogP contribution in [0.3, 0.4) is 0 Å². The van der Waals surface area contributed by atoms with E-state index in [2.05, 4.69) is 20.4 Å². The van der Waals surface area contributed by atoms with Crippen molar-refractivity contribution in [2.24, 2.45) is 0 Å². The fourth-order valence-electron chi connectivity index (χ4n) is 2.76. The van der Waals surface area contributed by atoms with E-state index in [0.717, 1.165) is 18.7 Å². The quantitative estimate of drug-likeness (QED) is 0.915. The molecule has 7 nitrogen and oxygen atoms in total. The number of hydrogen-bond donors (Lipinski definition) is 1. The normalized spacial score (nSPS) is 23.8. The summed E-state index contributed by atoms with van der Waals surface area (Å²) in [5.41, 5.74) is 0.598. The molecule has 0 spiro atoms. The Morgan fingerprint density at radius 1 is 1.48 bits per heavy atom. The lowest BCUT2D eigenvalue weighted by atomic mass is 9.90. The van der Waals surface area contributed by atoms with Gasteiger partial charge in [-0.2, -0.15) is 0 Å². The maximum absolute atomic E-state index is 10.9. The van der Waals surface area contributed by atoms with Gasteiger partial charge in [0.2, 0.25) is 0 Å². The van der Waals surface area contributed by atoms with Crippen molar-refractivity contribution in [3.05, 3.63) is 29.9 Å². The van der Waals surface area contributed by atoms with Gasteiger partial charge >= 0.3 is 0 Å². The minimum absolute atomic E-state index is 0.240. The van der Waals surface area contributed by atoms with Gasteiger partial charge in [-0.1, -0.05) is 10.4 Å². The highest BCUT2D eigenvalue weighted by atomic mass is 16.5. The molecule has 1 N–H and O–H groups in total. The summed E-state index contributed by atoms with van der Waals surface area (Å²) in [5, 5.41) is 23.1. The molecule has 2 aromatic heterocycles. The van der Waals surface area contributed by atoms with Gasteiger partial charge in [0, 0.05) is 25.2 Å². The highest BCUT2D eigenvalue weighted by molar-refractivity contribution is 5.10. The Morgan fingerprint density at radius 3 is 3.00 bits per heavy atom. The van der Waals surface area contributed by atoms with Crippen LogP contribution in [0.25, 0.3) is 0 Å². The van der Waals surface area contributed by atoms with Crippen LogP contribution in [0.5, 0.6) is 0 Å². The average molecular weight is 291 g/mol. The Balaban J connectivity index is 1.73. The SMILES string of the molecule is CC(C)n1cc(C2(O)CCCN(Cc3ccon3)C2)nn1. The first-order valence-electron chi connectivity index (χ1n) is 7.33. The van der Waals surface area contributed by atoms with Crippen LogP contribution in [-0.4, -0.2) is 43.2 Å². The minimum atomic E-state index is -0.935. The summed E-state index contributed by atoms with van der Waals surface area (Å²) >= 11 is 0. The summed E-state index contributed by atoms with van der Waals surface area (Å²) in [6.07, 6.45) is 5.05. The second-order valence-corrected chi connectivity index (χ2v) is 6.01. The van der Waals surface area contributed by atoms with E-state index >= 15 is 0 Å². The molecule has 0 amide bonds. The standard InChI is InChI=1S/C14H21N5O2/c1-11(2)19-9-13(15-17-19)14(20)5-3-6-18(10-14)8-12-4-7-21-16-12/h4,7,9,11,20H,3,5-6,8,10H2,1-2H3. The summed E-state index contributed by atoms with van der Waals surface area (Å²) in [7, 11) is 0. The van der Waals surface area contributed by atoms with E-state index < -0.39 is 5.60 Å². The fourth-order valence-corrected chi connectivity index (χ4v) is 2.76. The zero-order valence-corrected chi connectivity index (χ0v) is 12.4. The number of aliphatic hydroxyl groups is 1. The summed E-state index contributed by atoms with van der Waals surface area (Å²) in [4.78, 5) is 2.18. The number of hydrogen-bond acceptors (Lipinski definition) is 6. The second kappa shape index (κ2) is 5.57. The van der Waals surface area contributed by atoms with Gasteiger partial charge in [-0.05, 0) is 33.2 Å². The van der Waals surface area contributed by atoms with Gasteiger partial charge < -0.3 is 9.63 Å². The summed E-state index contributed by atoms with van der Waals surface area (Å²) in [5.74, 6) is 0. The number of rotatable bonds is 4. The lowest BCUT2D eigenvalue weighted by molar-refractivity contribution is -0.0419. The van der Waals surface area contributed by atoms with Gasteiger partial charge in [0.1, 0.15) is 17.6 Å². The molecular formula is C14H21N5O2. The molecule has 1 fully saturated rings. The van der Waals surface area contributed by atoms with Crippen LogP contribution in [0, 0.1) is 0 Å². The van der Waals surface area contributed by atoms with E-state index in [1.165, 1.54) is 0 Å². The van der Waals surface area contributed by atoms with E-state index in [9.17, 15) is 5.11 Å². The van der Waals surface area contributed by atoms with Gasteiger partial charge in [-0.15, -0.1) is 5.10 Å². The molecule has 3 heterocycles. The Kier molecular flexibility index (Phi) is 3.77. The van der Waals surface area contributed by atoms with Gasteiger partial charge in [0.15, 0.2) is 0 Å². The van der Waals surface area contributed by atoms with Crippen molar-refractivity contribution < 1.29 is 9.63 Å². The third kappa shape index (κ3) is 2.98. The number of piperidine rings is 1. The molecule has 1 unspecified atom stereocenters. The third-order valence-corrected chi connectivity index (χ3v) is 3.94. The van der Waals surface area contributed by atoms with Gasteiger partial charge in [0.05, 0.1) is 11.9 Å². The third-order valence-electron chi connectivity index (χ3n) is 3.94. The molecule has 1 aliphatic rings. The molecule has 0 radical (unpaired) electrons.